The third kappa shape index (κ3) is 4.54. The number of anilines is 1. The van der Waals surface area contributed by atoms with Gasteiger partial charge in [-0.25, -0.2) is 0 Å². The quantitative estimate of drug-likeness (QED) is 0.753. The summed E-state index contributed by atoms with van der Waals surface area (Å²) in [5, 5.41) is 11.2. The third-order valence-corrected chi connectivity index (χ3v) is 2.68. The van der Waals surface area contributed by atoms with Gasteiger partial charge in [0.15, 0.2) is 5.82 Å². The van der Waals surface area contributed by atoms with E-state index >= 15 is 0 Å². The van der Waals surface area contributed by atoms with E-state index in [0.717, 1.165) is 18.7 Å². The number of nitrogens with one attached hydrogen (secondary N) is 1. The topological polar surface area (TPSA) is 67.1 Å². The van der Waals surface area contributed by atoms with E-state index in [1.807, 2.05) is 0 Å². The van der Waals surface area contributed by atoms with E-state index in [1.54, 1.807) is 12.3 Å². The molecule has 0 amide bonds. The highest BCUT2D eigenvalue weighted by Crippen LogP contribution is 2.18. The van der Waals surface area contributed by atoms with Gasteiger partial charge < -0.3 is 16.0 Å². The van der Waals surface area contributed by atoms with Gasteiger partial charge >= 0.3 is 0 Å². The maximum Gasteiger partial charge on any atom is 0.158 e. The van der Waals surface area contributed by atoms with Crippen molar-refractivity contribution in [2.75, 3.05) is 32.5 Å². The average Bonchev–Trinajstić information content (AvgIpc) is 2.25. The summed E-state index contributed by atoms with van der Waals surface area (Å²) in [6, 6.07) is 1.77. The van der Waals surface area contributed by atoms with E-state index in [-0.39, 0.29) is 5.41 Å². The summed E-state index contributed by atoms with van der Waals surface area (Å²) < 4.78 is 0. The molecule has 1 rings (SSSR count). The molecule has 0 bridgehead atoms. The van der Waals surface area contributed by atoms with Crippen LogP contribution in [0.4, 0.5) is 5.82 Å². The molecular formula is C12H21N5S. The van der Waals surface area contributed by atoms with Crippen molar-refractivity contribution < 1.29 is 0 Å². The van der Waals surface area contributed by atoms with E-state index in [4.69, 9.17) is 18.0 Å². The number of rotatable bonds is 6. The van der Waals surface area contributed by atoms with Crippen molar-refractivity contribution in [1.82, 2.24) is 15.1 Å². The third-order valence-electron chi connectivity index (χ3n) is 2.46. The molecule has 0 fully saturated rings. The molecule has 1 aromatic rings. The monoisotopic (exact) mass is 267 g/mol. The van der Waals surface area contributed by atoms with Crippen LogP contribution in [0.5, 0.6) is 0 Å². The Balaban J connectivity index is 2.71. The fourth-order valence-corrected chi connectivity index (χ4v) is 2.06. The first-order chi connectivity index (χ1) is 8.32. The van der Waals surface area contributed by atoms with Crippen molar-refractivity contribution in [3.05, 3.63) is 17.8 Å². The minimum absolute atomic E-state index is 0.120. The Bertz CT molecular complexity index is 417. The minimum atomic E-state index is 0.120. The summed E-state index contributed by atoms with van der Waals surface area (Å²) in [6.07, 6.45) is 1.59. The van der Waals surface area contributed by atoms with Gasteiger partial charge in [-0.05, 0) is 25.6 Å². The van der Waals surface area contributed by atoms with Crippen molar-refractivity contribution in [1.29, 1.82) is 0 Å². The summed E-state index contributed by atoms with van der Waals surface area (Å²) >= 11 is 4.99. The maximum absolute atomic E-state index is 5.65. The van der Waals surface area contributed by atoms with Crippen LogP contribution in [-0.2, 0) is 0 Å². The number of aromatic nitrogens is 2. The molecule has 0 aliphatic rings. The molecule has 1 heterocycles. The fourth-order valence-electron chi connectivity index (χ4n) is 1.90. The Morgan fingerprint density at radius 1 is 1.50 bits per heavy atom. The predicted molar refractivity (Wildman–Crippen MR) is 78.7 cm³/mol. The Kier molecular flexibility index (Phi) is 4.98. The summed E-state index contributed by atoms with van der Waals surface area (Å²) in [4.78, 5) is 2.49. The zero-order valence-corrected chi connectivity index (χ0v) is 12.2. The number of hydrogen-bond donors (Lipinski definition) is 2. The number of thiocarbonyl (C=S) groups is 1. The lowest BCUT2D eigenvalue weighted by molar-refractivity contribution is 0.254. The van der Waals surface area contributed by atoms with Crippen molar-refractivity contribution in [3.63, 3.8) is 0 Å². The van der Waals surface area contributed by atoms with Gasteiger partial charge in [-0.3, -0.25) is 0 Å². The fraction of sp³-hybridized carbons (Fsp3) is 0.583. The van der Waals surface area contributed by atoms with E-state index < -0.39 is 0 Å². The smallest absolute Gasteiger partial charge is 0.158 e. The molecule has 0 saturated heterocycles. The molecule has 0 atom stereocenters. The Morgan fingerprint density at radius 3 is 2.72 bits per heavy atom. The first-order valence-corrected chi connectivity index (χ1v) is 6.23. The molecule has 100 valence electrons. The van der Waals surface area contributed by atoms with E-state index in [2.05, 4.69) is 48.4 Å². The second-order valence-corrected chi connectivity index (χ2v) is 5.85. The van der Waals surface area contributed by atoms with Gasteiger partial charge in [-0.2, -0.15) is 5.10 Å². The highest BCUT2D eigenvalue weighted by molar-refractivity contribution is 7.80. The van der Waals surface area contributed by atoms with Crippen molar-refractivity contribution in [2.24, 2.45) is 11.1 Å². The molecule has 0 saturated carbocycles. The summed E-state index contributed by atoms with van der Waals surface area (Å²) in [7, 11) is 4.12. The van der Waals surface area contributed by atoms with Crippen LogP contribution in [0, 0.1) is 5.41 Å². The minimum Gasteiger partial charge on any atom is -0.389 e. The van der Waals surface area contributed by atoms with E-state index in [9.17, 15) is 0 Å². The van der Waals surface area contributed by atoms with Crippen LogP contribution < -0.4 is 11.1 Å². The standard InChI is InChI=1S/C12H21N5S/c1-12(2,8-17(3)4)7-14-11-9(10(13)18)5-6-15-16-11/h5-6H,7-8H2,1-4H3,(H2,13,18)(H,14,16). The van der Waals surface area contributed by atoms with Gasteiger partial charge in [-0.15, -0.1) is 5.10 Å². The van der Waals surface area contributed by atoms with Gasteiger partial charge in [0.1, 0.15) is 4.99 Å². The van der Waals surface area contributed by atoms with Crippen LogP contribution in [0.2, 0.25) is 0 Å². The first kappa shape index (κ1) is 14.8. The molecule has 0 unspecified atom stereocenters. The van der Waals surface area contributed by atoms with Gasteiger partial charge in [0, 0.05) is 13.1 Å². The molecule has 18 heavy (non-hydrogen) atoms. The second kappa shape index (κ2) is 6.06. The predicted octanol–water partition coefficient (Wildman–Crippen LogP) is 1.11. The molecule has 1 aromatic heterocycles. The van der Waals surface area contributed by atoms with E-state index in [1.165, 1.54) is 0 Å². The molecule has 0 aliphatic carbocycles. The normalized spacial score (nSPS) is 11.6. The summed E-state index contributed by atoms with van der Waals surface area (Å²) in [6.45, 7) is 6.13. The molecule has 0 aromatic carbocycles. The SMILES string of the molecule is CN(C)CC(C)(C)CNc1nnccc1C(N)=S. The molecule has 0 radical (unpaired) electrons. The number of nitrogens with zero attached hydrogens (tertiary/aromatic N) is 3. The average molecular weight is 267 g/mol. The van der Waals surface area contributed by atoms with Crippen LogP contribution in [0.25, 0.3) is 0 Å². The van der Waals surface area contributed by atoms with Crippen LogP contribution in [0.3, 0.4) is 0 Å². The van der Waals surface area contributed by atoms with Crippen molar-refractivity contribution >= 4 is 23.0 Å². The molecular weight excluding hydrogens is 246 g/mol. The largest absolute Gasteiger partial charge is 0.389 e. The molecule has 0 aliphatic heterocycles. The molecule has 5 nitrogen and oxygen atoms in total. The zero-order chi connectivity index (χ0) is 13.8. The molecule has 6 heteroatoms. The lowest BCUT2D eigenvalue weighted by Crippen LogP contribution is -2.35. The maximum atomic E-state index is 5.65. The Morgan fingerprint density at radius 2 is 2.17 bits per heavy atom. The highest BCUT2D eigenvalue weighted by atomic mass is 32.1. The lowest BCUT2D eigenvalue weighted by Gasteiger charge is -2.28. The van der Waals surface area contributed by atoms with Gasteiger partial charge in [-0.1, -0.05) is 26.1 Å². The van der Waals surface area contributed by atoms with Gasteiger partial charge in [0.05, 0.1) is 11.8 Å². The highest BCUT2D eigenvalue weighted by Gasteiger charge is 2.19. The van der Waals surface area contributed by atoms with Crippen LogP contribution in [0.1, 0.15) is 19.4 Å². The molecule has 3 N–H and O–H groups in total. The summed E-state index contributed by atoms with van der Waals surface area (Å²) in [5.41, 5.74) is 6.51. The van der Waals surface area contributed by atoms with Gasteiger partial charge in [0.25, 0.3) is 0 Å². The van der Waals surface area contributed by atoms with E-state index in [0.29, 0.717) is 10.8 Å². The first-order valence-electron chi connectivity index (χ1n) is 5.82. The zero-order valence-electron chi connectivity index (χ0n) is 11.4. The number of nitrogens with two attached hydrogens (primary N) is 1. The van der Waals surface area contributed by atoms with Crippen LogP contribution >= 0.6 is 12.2 Å². The van der Waals surface area contributed by atoms with Gasteiger partial charge in [0.2, 0.25) is 0 Å². The van der Waals surface area contributed by atoms with Crippen LogP contribution in [0.15, 0.2) is 12.3 Å². The Labute approximate surface area is 114 Å². The number of hydrogen-bond acceptors (Lipinski definition) is 5. The lowest BCUT2D eigenvalue weighted by atomic mass is 9.93. The Hall–Kier alpha value is -1.27. The van der Waals surface area contributed by atoms with Crippen molar-refractivity contribution in [3.8, 4) is 0 Å². The second-order valence-electron chi connectivity index (χ2n) is 5.41. The summed E-state index contributed by atoms with van der Waals surface area (Å²) in [5.74, 6) is 0.650. The van der Waals surface area contributed by atoms with Crippen LogP contribution in [-0.4, -0.2) is 47.3 Å². The van der Waals surface area contributed by atoms with Crippen molar-refractivity contribution in [2.45, 2.75) is 13.8 Å². The molecule has 0 spiro atoms.